The number of carbonyl (C=O) groups excluding carboxylic acids is 2. The first-order valence-corrected chi connectivity index (χ1v) is 5.10. The van der Waals surface area contributed by atoms with Crippen LogP contribution in [0.2, 0.25) is 0 Å². The number of aldehydes is 1. The molecule has 0 radical (unpaired) electrons. The molecular formula is C13H11NO3. The quantitative estimate of drug-likeness (QED) is 0.808. The highest BCUT2D eigenvalue weighted by molar-refractivity contribution is 6.00. The Balaban J connectivity index is 2.49. The zero-order chi connectivity index (χ0) is 12.3. The Labute approximate surface area is 98.0 Å². The van der Waals surface area contributed by atoms with E-state index in [0.717, 1.165) is 17.1 Å². The second-order valence-corrected chi connectivity index (χ2v) is 3.57. The average Bonchev–Trinajstić information content (AvgIpc) is 2.35. The third-order valence-corrected chi connectivity index (χ3v) is 2.42. The largest absolute Gasteiger partial charge is 0.483 e. The van der Waals surface area contributed by atoms with Crippen LogP contribution in [-0.4, -0.2) is 18.8 Å². The van der Waals surface area contributed by atoms with Gasteiger partial charge in [-0.05, 0) is 16.8 Å². The van der Waals surface area contributed by atoms with Crippen molar-refractivity contribution in [3.63, 3.8) is 0 Å². The van der Waals surface area contributed by atoms with Gasteiger partial charge in [-0.15, -0.1) is 0 Å². The van der Waals surface area contributed by atoms with Crippen molar-refractivity contribution in [1.29, 1.82) is 0 Å². The van der Waals surface area contributed by atoms with Crippen LogP contribution in [0, 0.1) is 0 Å². The number of hydrogen-bond acceptors (Lipinski definition) is 3. The van der Waals surface area contributed by atoms with Crippen LogP contribution in [-0.2, 0) is 4.79 Å². The van der Waals surface area contributed by atoms with Crippen LogP contribution in [0.1, 0.15) is 10.4 Å². The molecule has 2 aromatic rings. The van der Waals surface area contributed by atoms with E-state index < -0.39 is 5.91 Å². The SMILES string of the molecule is NC(=O)COc1ccc2ccccc2c1C=O. The van der Waals surface area contributed by atoms with E-state index in [1.807, 2.05) is 30.3 Å². The summed E-state index contributed by atoms with van der Waals surface area (Å²) in [6.07, 6.45) is 0.721. The van der Waals surface area contributed by atoms with Gasteiger partial charge in [-0.25, -0.2) is 0 Å². The minimum absolute atomic E-state index is 0.237. The van der Waals surface area contributed by atoms with Crippen molar-refractivity contribution < 1.29 is 14.3 Å². The second-order valence-electron chi connectivity index (χ2n) is 3.57. The van der Waals surface area contributed by atoms with Gasteiger partial charge in [0.25, 0.3) is 5.91 Å². The fraction of sp³-hybridized carbons (Fsp3) is 0.0769. The number of nitrogens with two attached hydrogens (primary N) is 1. The van der Waals surface area contributed by atoms with Gasteiger partial charge in [0.1, 0.15) is 5.75 Å². The summed E-state index contributed by atoms with van der Waals surface area (Å²) in [5.74, 6) is -0.201. The van der Waals surface area contributed by atoms with Crippen molar-refractivity contribution >= 4 is 23.0 Å². The van der Waals surface area contributed by atoms with E-state index >= 15 is 0 Å². The van der Waals surface area contributed by atoms with Gasteiger partial charge in [0.15, 0.2) is 12.9 Å². The summed E-state index contributed by atoms with van der Waals surface area (Å²) >= 11 is 0. The predicted octanol–water partition coefficient (Wildman–Crippen LogP) is 1.52. The Hall–Kier alpha value is -2.36. The van der Waals surface area contributed by atoms with Crippen LogP contribution < -0.4 is 10.5 Å². The summed E-state index contributed by atoms with van der Waals surface area (Å²) in [6.45, 7) is -0.237. The van der Waals surface area contributed by atoms with Gasteiger partial charge in [-0.3, -0.25) is 9.59 Å². The first-order valence-electron chi connectivity index (χ1n) is 5.10. The van der Waals surface area contributed by atoms with Crippen molar-refractivity contribution in [3.05, 3.63) is 42.0 Å². The van der Waals surface area contributed by atoms with E-state index in [4.69, 9.17) is 10.5 Å². The molecule has 0 saturated heterocycles. The zero-order valence-corrected chi connectivity index (χ0v) is 9.05. The summed E-state index contributed by atoms with van der Waals surface area (Å²) in [4.78, 5) is 21.7. The smallest absolute Gasteiger partial charge is 0.255 e. The number of carbonyl (C=O) groups is 2. The third kappa shape index (κ3) is 2.25. The Bertz CT molecular complexity index is 578. The molecule has 0 unspecified atom stereocenters. The molecule has 0 saturated carbocycles. The van der Waals surface area contributed by atoms with Crippen molar-refractivity contribution in [2.24, 2.45) is 5.73 Å². The van der Waals surface area contributed by atoms with Crippen LogP contribution in [0.25, 0.3) is 10.8 Å². The number of fused-ring (bicyclic) bond motifs is 1. The fourth-order valence-corrected chi connectivity index (χ4v) is 1.67. The minimum atomic E-state index is -0.574. The summed E-state index contributed by atoms with van der Waals surface area (Å²) < 4.78 is 5.19. The summed E-state index contributed by atoms with van der Waals surface area (Å²) in [5.41, 5.74) is 5.43. The number of benzene rings is 2. The van der Waals surface area contributed by atoms with Gasteiger partial charge in [-0.1, -0.05) is 30.3 Å². The molecule has 2 N–H and O–H groups in total. The lowest BCUT2D eigenvalue weighted by Crippen LogP contribution is -2.20. The molecule has 4 heteroatoms. The normalized spacial score (nSPS) is 10.1. The topological polar surface area (TPSA) is 69.4 Å². The van der Waals surface area contributed by atoms with Crippen LogP contribution in [0.5, 0.6) is 5.75 Å². The van der Waals surface area contributed by atoms with Crippen LogP contribution in [0.3, 0.4) is 0 Å². The number of hydrogen-bond donors (Lipinski definition) is 1. The lowest BCUT2D eigenvalue weighted by Gasteiger charge is -2.09. The van der Waals surface area contributed by atoms with Gasteiger partial charge >= 0.3 is 0 Å². The third-order valence-electron chi connectivity index (χ3n) is 2.42. The molecule has 0 aromatic heterocycles. The molecular weight excluding hydrogens is 218 g/mol. The molecule has 2 rings (SSSR count). The Morgan fingerprint density at radius 1 is 1.24 bits per heavy atom. The van der Waals surface area contributed by atoms with Gasteiger partial charge in [0, 0.05) is 0 Å². The Morgan fingerprint density at radius 3 is 2.71 bits per heavy atom. The molecule has 0 heterocycles. The van der Waals surface area contributed by atoms with Crippen LogP contribution in [0.15, 0.2) is 36.4 Å². The lowest BCUT2D eigenvalue weighted by molar-refractivity contribution is -0.119. The van der Waals surface area contributed by atoms with E-state index in [1.54, 1.807) is 6.07 Å². The summed E-state index contributed by atoms with van der Waals surface area (Å²) in [7, 11) is 0. The minimum Gasteiger partial charge on any atom is -0.483 e. The standard InChI is InChI=1S/C13H11NO3/c14-13(16)8-17-12-6-5-9-3-1-2-4-10(9)11(12)7-15/h1-7H,8H2,(H2,14,16). The molecule has 86 valence electrons. The van der Waals surface area contributed by atoms with E-state index in [0.29, 0.717) is 11.3 Å². The maximum absolute atomic E-state index is 11.1. The molecule has 4 nitrogen and oxygen atoms in total. The second kappa shape index (κ2) is 4.65. The lowest BCUT2D eigenvalue weighted by atomic mass is 10.0. The molecule has 17 heavy (non-hydrogen) atoms. The van der Waals surface area contributed by atoms with E-state index in [-0.39, 0.29) is 6.61 Å². The van der Waals surface area contributed by atoms with Crippen molar-refractivity contribution in [3.8, 4) is 5.75 Å². The molecule has 1 amide bonds. The molecule has 0 bridgehead atoms. The maximum atomic E-state index is 11.1. The molecule has 0 aliphatic rings. The fourth-order valence-electron chi connectivity index (χ4n) is 1.67. The average molecular weight is 229 g/mol. The van der Waals surface area contributed by atoms with Crippen molar-refractivity contribution in [2.75, 3.05) is 6.61 Å². The number of ether oxygens (including phenoxy) is 1. The van der Waals surface area contributed by atoms with E-state index in [9.17, 15) is 9.59 Å². The van der Waals surface area contributed by atoms with Gasteiger partial charge in [-0.2, -0.15) is 0 Å². The van der Waals surface area contributed by atoms with E-state index in [1.165, 1.54) is 0 Å². The molecule has 0 aliphatic carbocycles. The molecule has 0 spiro atoms. The molecule has 0 atom stereocenters. The number of primary amides is 1. The van der Waals surface area contributed by atoms with Gasteiger partial charge in [0.2, 0.25) is 0 Å². The van der Waals surface area contributed by atoms with Crippen molar-refractivity contribution in [2.45, 2.75) is 0 Å². The molecule has 2 aromatic carbocycles. The Kier molecular flexibility index (Phi) is 3.05. The first-order chi connectivity index (χ1) is 8.22. The highest BCUT2D eigenvalue weighted by Crippen LogP contribution is 2.26. The van der Waals surface area contributed by atoms with Gasteiger partial charge < -0.3 is 10.5 Å². The highest BCUT2D eigenvalue weighted by Gasteiger charge is 2.08. The van der Waals surface area contributed by atoms with Crippen LogP contribution >= 0.6 is 0 Å². The zero-order valence-electron chi connectivity index (χ0n) is 9.05. The van der Waals surface area contributed by atoms with E-state index in [2.05, 4.69) is 0 Å². The highest BCUT2D eigenvalue weighted by atomic mass is 16.5. The summed E-state index contributed by atoms with van der Waals surface area (Å²) in [5, 5.41) is 1.74. The van der Waals surface area contributed by atoms with Gasteiger partial charge in [0.05, 0.1) is 5.56 Å². The number of rotatable bonds is 4. The van der Waals surface area contributed by atoms with Crippen molar-refractivity contribution in [1.82, 2.24) is 0 Å². The molecule has 0 fully saturated rings. The number of amides is 1. The molecule has 0 aliphatic heterocycles. The Morgan fingerprint density at radius 2 is 2.00 bits per heavy atom. The summed E-state index contributed by atoms with van der Waals surface area (Å²) in [6, 6.07) is 11.0. The maximum Gasteiger partial charge on any atom is 0.255 e. The predicted molar refractivity (Wildman–Crippen MR) is 64.0 cm³/mol. The monoisotopic (exact) mass is 229 g/mol. The first kappa shape index (κ1) is 11.1. The van der Waals surface area contributed by atoms with Crippen LogP contribution in [0.4, 0.5) is 0 Å².